The molecule has 1 aromatic heterocycles. The minimum atomic E-state index is -3.76. The summed E-state index contributed by atoms with van der Waals surface area (Å²) in [6, 6.07) is 22.0. The van der Waals surface area contributed by atoms with Crippen LogP contribution in [0.2, 0.25) is 0 Å². The number of ether oxygens (including phenoxy) is 1. The molecule has 17 nitrogen and oxygen atoms in total. The third-order valence-electron chi connectivity index (χ3n) is 14.0. The Labute approximate surface area is 399 Å². The predicted octanol–water partition coefficient (Wildman–Crippen LogP) is 6.70. The Morgan fingerprint density at radius 1 is 0.870 bits per heavy atom. The van der Waals surface area contributed by atoms with Gasteiger partial charge in [0.2, 0.25) is 21.8 Å². The number of halogens is 1. The lowest BCUT2D eigenvalue weighted by molar-refractivity contribution is -0.139. The number of amides is 5. The van der Waals surface area contributed by atoms with Crippen molar-refractivity contribution in [3.8, 4) is 16.2 Å². The fourth-order valence-electron chi connectivity index (χ4n) is 10.8. The fourth-order valence-corrected chi connectivity index (χ4v) is 13.4. The highest BCUT2D eigenvalue weighted by Gasteiger charge is 2.46. The predicted molar refractivity (Wildman–Crippen MR) is 254 cm³/mol. The normalized spacial score (nSPS) is 21.7. The molecule has 10 rings (SSSR count). The molecule has 5 aromatic rings. The van der Waals surface area contributed by atoms with Gasteiger partial charge in [-0.1, -0.05) is 42.5 Å². The second kappa shape index (κ2) is 18.2. The number of nitrogens with zero attached hydrogens (tertiary/aromatic N) is 3. The summed E-state index contributed by atoms with van der Waals surface area (Å²) < 4.78 is 49.9. The van der Waals surface area contributed by atoms with Gasteiger partial charge >= 0.3 is 18.0 Å². The third kappa shape index (κ3) is 8.76. The Balaban J connectivity index is 0.748. The molecule has 0 spiro atoms. The monoisotopic (exact) mass is 978 g/mol. The van der Waals surface area contributed by atoms with E-state index >= 15 is 4.39 Å². The Morgan fingerprint density at radius 3 is 2.32 bits per heavy atom. The van der Waals surface area contributed by atoms with Gasteiger partial charge in [0.15, 0.2) is 23.1 Å². The smallest absolute Gasteiger partial charge is 0.349 e. The summed E-state index contributed by atoms with van der Waals surface area (Å²) in [5, 5.41) is 29.2. The lowest BCUT2D eigenvalue weighted by atomic mass is 9.85. The number of nitrogens with one attached hydrogen (secondary N) is 3. The van der Waals surface area contributed by atoms with Gasteiger partial charge in [-0.25, -0.2) is 31.5 Å². The first-order valence-electron chi connectivity index (χ1n) is 22.8. The van der Waals surface area contributed by atoms with Crippen molar-refractivity contribution in [2.24, 2.45) is 11.8 Å². The van der Waals surface area contributed by atoms with Gasteiger partial charge in [-0.3, -0.25) is 24.6 Å². The van der Waals surface area contributed by atoms with Gasteiger partial charge in [-0.2, -0.15) is 0 Å². The number of thiophene rings is 1. The maximum atomic E-state index is 15.5. The number of sulfonamides is 1. The molecule has 4 fully saturated rings. The summed E-state index contributed by atoms with van der Waals surface area (Å²) in [5.41, 5.74) is 4.26. The number of fused-ring (bicyclic) bond motifs is 2. The van der Waals surface area contributed by atoms with E-state index in [1.807, 2.05) is 24.3 Å². The molecule has 69 heavy (non-hydrogen) atoms. The highest BCUT2D eigenvalue weighted by molar-refractivity contribution is 7.88. The first kappa shape index (κ1) is 45.9. The van der Waals surface area contributed by atoms with Crippen LogP contribution in [-0.2, 0) is 30.2 Å². The Hall–Kier alpha value is -6.90. The molecule has 0 radical (unpaired) electrons. The number of carboxylic acids is 2. The first-order valence-corrected chi connectivity index (χ1v) is 25.2. The molecule has 1 aliphatic carbocycles. The number of likely N-dealkylation sites (tertiary alicyclic amines) is 1. The lowest BCUT2D eigenvalue weighted by Gasteiger charge is -2.38. The van der Waals surface area contributed by atoms with Crippen molar-refractivity contribution in [2.45, 2.75) is 62.3 Å². The van der Waals surface area contributed by atoms with Gasteiger partial charge in [0.05, 0.1) is 16.3 Å². The number of benzene rings is 4. The summed E-state index contributed by atoms with van der Waals surface area (Å²) in [7, 11) is -3.76. The van der Waals surface area contributed by atoms with Crippen molar-refractivity contribution in [1.82, 2.24) is 14.5 Å². The molecule has 5 heterocycles. The van der Waals surface area contributed by atoms with E-state index in [0.717, 1.165) is 29.2 Å². The molecule has 4 aromatic carbocycles. The molecule has 1 saturated carbocycles. The Bertz CT molecular complexity index is 3070. The van der Waals surface area contributed by atoms with Crippen LogP contribution in [0.4, 0.5) is 26.2 Å². The highest BCUT2D eigenvalue weighted by Crippen LogP contribution is 2.46. The number of rotatable bonds is 13. The topological polar surface area (TPSA) is 232 Å². The van der Waals surface area contributed by atoms with E-state index in [1.54, 1.807) is 63.8 Å². The molecule has 3 atom stereocenters. The average molecular weight is 979 g/mol. The average Bonchev–Trinajstić information content (AvgIpc) is 3.88. The van der Waals surface area contributed by atoms with Gasteiger partial charge in [0, 0.05) is 61.0 Å². The number of imide groups is 1. The molecule has 20 heteroatoms. The number of carbonyl (C=O) groups excluding carboxylic acids is 4. The maximum absolute atomic E-state index is 15.5. The highest BCUT2D eigenvalue weighted by atomic mass is 32.2. The zero-order chi connectivity index (χ0) is 48.3. The SMILES string of the molecule is O=C(O)COc1c(C(=O)O)sc(-c2cccc(NC3C4CCC3CN(S(=O)(=O)Cc3cccc(NC(=O)N5CCC(c6ccc7c8c(cccc68)C(=O)N7C6CCC(=O)NC6=O)CC5)c3)C4)c2)c1F. The minimum absolute atomic E-state index is 0.0126. The van der Waals surface area contributed by atoms with Crippen LogP contribution < -0.4 is 25.6 Å². The molecule has 358 valence electrons. The Kier molecular flexibility index (Phi) is 12.1. The van der Waals surface area contributed by atoms with Gasteiger partial charge < -0.3 is 30.5 Å². The minimum Gasteiger partial charge on any atom is -0.479 e. The molecule has 2 bridgehead atoms. The summed E-state index contributed by atoms with van der Waals surface area (Å²) in [5.74, 6) is -5.68. The van der Waals surface area contributed by atoms with Gasteiger partial charge in [-0.15, -0.1) is 11.3 Å². The zero-order valence-electron chi connectivity index (χ0n) is 37.0. The summed E-state index contributed by atoms with van der Waals surface area (Å²) in [6.45, 7) is 0.644. The summed E-state index contributed by atoms with van der Waals surface area (Å²) in [6.07, 6.45) is 3.36. The molecule has 5 amide bonds. The number of carboxylic acid groups (broad SMARTS) is 2. The van der Waals surface area contributed by atoms with Gasteiger partial charge in [0.25, 0.3) is 5.91 Å². The number of anilines is 3. The zero-order valence-corrected chi connectivity index (χ0v) is 38.6. The van der Waals surface area contributed by atoms with E-state index in [1.165, 1.54) is 4.90 Å². The van der Waals surface area contributed by atoms with Crippen molar-refractivity contribution in [2.75, 3.05) is 48.3 Å². The molecular formula is C49H47FN6O11S2. The Morgan fingerprint density at radius 2 is 1.59 bits per heavy atom. The number of hydrogen-bond acceptors (Lipinski definition) is 11. The van der Waals surface area contributed by atoms with Gasteiger partial charge in [-0.05, 0) is 108 Å². The number of aromatic carboxylic acids is 1. The van der Waals surface area contributed by atoms with Crippen LogP contribution in [0.1, 0.15) is 75.6 Å². The van der Waals surface area contributed by atoms with Crippen molar-refractivity contribution in [1.29, 1.82) is 0 Å². The second-order valence-electron chi connectivity index (χ2n) is 18.2. The number of piperidine rings is 3. The molecule has 3 unspecified atom stereocenters. The quantitative estimate of drug-likeness (QED) is 0.0777. The number of carbonyl (C=O) groups is 6. The molecule has 5 aliphatic rings. The third-order valence-corrected chi connectivity index (χ3v) is 17.0. The summed E-state index contributed by atoms with van der Waals surface area (Å²) in [4.78, 5) is 77.5. The van der Waals surface area contributed by atoms with Crippen LogP contribution in [0.25, 0.3) is 21.2 Å². The van der Waals surface area contributed by atoms with E-state index in [-0.39, 0.29) is 65.1 Å². The fraction of sp³-hybridized carbons (Fsp3) is 0.347. The summed E-state index contributed by atoms with van der Waals surface area (Å²) >= 11 is 0.647. The molecular weight excluding hydrogens is 932 g/mol. The van der Waals surface area contributed by atoms with Crippen molar-refractivity contribution in [3.63, 3.8) is 0 Å². The van der Waals surface area contributed by atoms with E-state index in [2.05, 4.69) is 16.0 Å². The van der Waals surface area contributed by atoms with Crippen LogP contribution in [0, 0.1) is 17.7 Å². The number of hydrogen-bond donors (Lipinski definition) is 5. The standard InChI is InChI=1S/C49H47FN6O11S2/c50-41-43(67-24-39(58)59)45(48(62)63)68-44(41)28-5-2-7-32(21-28)51-42-29-10-11-30(42)23-55(22-29)69(65,66)25-26-4-1-6-31(20-26)52-49(64)54-18-16-27(17-19-54)33-12-13-36-40-34(33)8-3-9-35(40)47(61)56(36)37-14-15-38(57)53-46(37)60/h1-9,12-13,20-21,27,29-30,37,42,51H,10-11,14-19,22-25H2,(H,52,64)(H,58,59)(H,62,63)(H,53,57,60). The maximum Gasteiger partial charge on any atom is 0.349 e. The number of urea groups is 1. The van der Waals surface area contributed by atoms with E-state index in [4.69, 9.17) is 9.84 Å². The van der Waals surface area contributed by atoms with E-state index in [9.17, 15) is 42.3 Å². The lowest BCUT2D eigenvalue weighted by Crippen LogP contribution is -2.53. The van der Waals surface area contributed by atoms with Crippen LogP contribution in [0.15, 0.2) is 78.9 Å². The van der Waals surface area contributed by atoms with Gasteiger partial charge in [0.1, 0.15) is 6.04 Å². The largest absolute Gasteiger partial charge is 0.479 e. The van der Waals surface area contributed by atoms with E-state index in [0.29, 0.717) is 84.1 Å². The van der Waals surface area contributed by atoms with Crippen LogP contribution in [0.3, 0.4) is 0 Å². The van der Waals surface area contributed by atoms with Crippen LogP contribution >= 0.6 is 11.3 Å². The van der Waals surface area contributed by atoms with Crippen LogP contribution in [-0.4, -0.2) is 108 Å². The van der Waals surface area contributed by atoms with Crippen molar-refractivity contribution >= 4 is 84.9 Å². The second-order valence-corrected chi connectivity index (χ2v) is 21.2. The van der Waals surface area contributed by atoms with Crippen molar-refractivity contribution < 1.29 is 56.5 Å². The molecule has 4 aliphatic heterocycles. The molecule has 5 N–H and O–H groups in total. The van der Waals surface area contributed by atoms with E-state index < -0.39 is 57.0 Å². The van der Waals surface area contributed by atoms with Crippen LogP contribution in [0.5, 0.6) is 5.75 Å². The first-order chi connectivity index (χ1) is 33.1. The van der Waals surface area contributed by atoms with Crippen molar-refractivity contribution in [3.05, 3.63) is 106 Å². The number of aliphatic carboxylic acids is 1. The molecule has 3 saturated heterocycles.